The third-order valence-electron chi connectivity index (χ3n) is 0.910. The molecule has 1 nitrogen and oxygen atoms in total. The summed E-state index contributed by atoms with van der Waals surface area (Å²) in [6.45, 7) is 0. The minimum absolute atomic E-state index is 0. The molecule has 0 fully saturated rings. The summed E-state index contributed by atoms with van der Waals surface area (Å²) in [6, 6.07) is 3.68. The molecular weight excluding hydrogens is 166 g/mol. The van der Waals surface area contributed by atoms with E-state index < -0.39 is 5.82 Å². The first-order valence-electron chi connectivity index (χ1n) is 2.34. The molecule has 0 aliphatic carbocycles. The van der Waals surface area contributed by atoms with Gasteiger partial charge in [0.05, 0.1) is 0 Å². The Hall–Kier alpha value is 0.240. The number of hydrogen-bond acceptors (Lipinski definition) is 1. The largest absolute Gasteiger partial charge is 0.505 e. The Labute approximate surface area is 85.1 Å². The molecule has 0 aliphatic heterocycles. The van der Waals surface area contributed by atoms with Crippen molar-refractivity contribution in [2.45, 2.75) is 0 Å². The third kappa shape index (κ3) is 2.46. The molecule has 10 heavy (non-hydrogen) atoms. The van der Waals surface area contributed by atoms with E-state index >= 15 is 0 Å². The molecule has 0 bridgehead atoms. The Balaban J connectivity index is 0.000000810. The van der Waals surface area contributed by atoms with Crippen molar-refractivity contribution in [3.63, 3.8) is 0 Å². The van der Waals surface area contributed by atoms with Crippen molar-refractivity contribution in [2.24, 2.45) is 0 Å². The standard InChI is InChI=1S/C6H4ClFO.Na/c7-4-1-2-6(9)5(8)3-4;/h1-3,9H;. The molecule has 1 rings (SSSR count). The van der Waals surface area contributed by atoms with Gasteiger partial charge in [0.25, 0.3) is 0 Å². The third-order valence-corrected chi connectivity index (χ3v) is 1.14. The van der Waals surface area contributed by atoms with Crippen molar-refractivity contribution in [2.75, 3.05) is 0 Å². The number of halogens is 2. The van der Waals surface area contributed by atoms with Gasteiger partial charge in [-0.2, -0.15) is 0 Å². The molecule has 0 spiro atoms. The van der Waals surface area contributed by atoms with Crippen LogP contribution >= 0.6 is 11.6 Å². The summed E-state index contributed by atoms with van der Waals surface area (Å²) in [5.74, 6) is -1.07. The SMILES string of the molecule is Oc1ccc(Cl)cc1F.[Na]. The minimum Gasteiger partial charge on any atom is -0.505 e. The predicted molar refractivity (Wildman–Crippen MR) is 38.8 cm³/mol. The van der Waals surface area contributed by atoms with Crippen molar-refractivity contribution in [1.29, 1.82) is 0 Å². The number of aromatic hydroxyl groups is 1. The van der Waals surface area contributed by atoms with E-state index in [0.29, 0.717) is 0 Å². The number of phenols is 1. The maximum absolute atomic E-state index is 12.2. The molecule has 49 valence electrons. The normalized spacial score (nSPS) is 8.60. The minimum atomic E-state index is -0.692. The van der Waals surface area contributed by atoms with E-state index in [9.17, 15) is 4.39 Å². The van der Waals surface area contributed by atoms with E-state index in [1.165, 1.54) is 12.1 Å². The van der Waals surface area contributed by atoms with Gasteiger partial charge in [-0.25, -0.2) is 4.39 Å². The zero-order valence-corrected chi connectivity index (χ0v) is 8.19. The molecular formula is C6H4ClFNaO. The summed E-state index contributed by atoms with van der Waals surface area (Å²) in [5.41, 5.74) is 0. The molecule has 4 heteroatoms. The van der Waals surface area contributed by atoms with Crippen LogP contribution in [0.1, 0.15) is 0 Å². The van der Waals surface area contributed by atoms with Gasteiger partial charge in [0.15, 0.2) is 11.6 Å². The fourth-order valence-corrected chi connectivity index (χ4v) is 0.640. The number of benzene rings is 1. The molecule has 1 radical (unpaired) electrons. The van der Waals surface area contributed by atoms with Crippen LogP contribution in [-0.2, 0) is 0 Å². The van der Waals surface area contributed by atoms with E-state index in [1.54, 1.807) is 0 Å². The Kier molecular flexibility index (Phi) is 4.29. The second kappa shape index (κ2) is 4.19. The molecule has 0 aromatic heterocycles. The Bertz CT molecular complexity index is 229. The zero-order chi connectivity index (χ0) is 6.85. The summed E-state index contributed by atoms with van der Waals surface area (Å²) < 4.78 is 12.2. The molecule has 0 atom stereocenters. The fourth-order valence-electron chi connectivity index (χ4n) is 0.481. The van der Waals surface area contributed by atoms with Crippen molar-refractivity contribution >= 4 is 41.2 Å². The molecule has 0 heterocycles. The van der Waals surface area contributed by atoms with Crippen molar-refractivity contribution in [3.05, 3.63) is 29.0 Å². The molecule has 0 saturated heterocycles. The van der Waals surface area contributed by atoms with E-state index in [2.05, 4.69) is 0 Å². The first kappa shape index (κ1) is 10.2. The van der Waals surface area contributed by atoms with E-state index in [0.717, 1.165) is 6.07 Å². The van der Waals surface area contributed by atoms with Crippen LogP contribution in [0.3, 0.4) is 0 Å². The maximum Gasteiger partial charge on any atom is 0.166 e. The average molecular weight is 170 g/mol. The molecule has 1 aromatic rings. The van der Waals surface area contributed by atoms with Crippen LogP contribution in [0.5, 0.6) is 5.75 Å². The molecule has 0 unspecified atom stereocenters. The van der Waals surface area contributed by atoms with Gasteiger partial charge in [-0.05, 0) is 18.2 Å². The zero-order valence-electron chi connectivity index (χ0n) is 5.44. The summed E-state index contributed by atoms with van der Waals surface area (Å²) in [7, 11) is 0. The summed E-state index contributed by atoms with van der Waals surface area (Å²) in [5, 5.41) is 8.89. The predicted octanol–water partition coefficient (Wildman–Crippen LogP) is 1.80. The van der Waals surface area contributed by atoms with Crippen molar-refractivity contribution in [3.8, 4) is 5.75 Å². The van der Waals surface area contributed by atoms with Gasteiger partial charge >= 0.3 is 0 Å². The summed E-state index contributed by atoms with van der Waals surface area (Å²) in [4.78, 5) is 0. The van der Waals surface area contributed by atoms with Crippen molar-refractivity contribution in [1.82, 2.24) is 0 Å². The van der Waals surface area contributed by atoms with Gasteiger partial charge < -0.3 is 5.11 Å². The average Bonchev–Trinajstić information content (AvgIpc) is 1.80. The van der Waals surface area contributed by atoms with Gasteiger partial charge in [-0.1, -0.05) is 11.6 Å². The summed E-state index contributed by atoms with van der Waals surface area (Å²) in [6.07, 6.45) is 0. The van der Waals surface area contributed by atoms with Crippen LogP contribution < -0.4 is 0 Å². The Morgan fingerprint density at radius 3 is 2.40 bits per heavy atom. The Morgan fingerprint density at radius 2 is 2.00 bits per heavy atom. The van der Waals surface area contributed by atoms with E-state index in [4.69, 9.17) is 16.7 Å². The van der Waals surface area contributed by atoms with Crippen molar-refractivity contribution < 1.29 is 9.50 Å². The monoisotopic (exact) mass is 169 g/mol. The van der Waals surface area contributed by atoms with Crippen LogP contribution in [0.25, 0.3) is 0 Å². The number of phenolic OH excluding ortho intramolecular Hbond substituents is 1. The topological polar surface area (TPSA) is 20.2 Å². The smallest absolute Gasteiger partial charge is 0.166 e. The maximum atomic E-state index is 12.2. The van der Waals surface area contributed by atoms with Gasteiger partial charge in [-0.15, -0.1) is 0 Å². The van der Waals surface area contributed by atoms with Gasteiger partial charge in [0.2, 0.25) is 0 Å². The Morgan fingerprint density at radius 1 is 1.40 bits per heavy atom. The fraction of sp³-hybridized carbons (Fsp3) is 0. The molecule has 1 aromatic carbocycles. The number of hydrogen-bond donors (Lipinski definition) is 1. The van der Waals surface area contributed by atoms with E-state index in [-0.39, 0.29) is 40.3 Å². The van der Waals surface area contributed by atoms with Crippen LogP contribution in [0, 0.1) is 5.82 Å². The van der Waals surface area contributed by atoms with E-state index in [1.807, 2.05) is 0 Å². The summed E-state index contributed by atoms with van der Waals surface area (Å²) >= 11 is 5.37. The second-order valence-corrected chi connectivity index (χ2v) is 2.03. The molecule has 0 aliphatic rings. The van der Waals surface area contributed by atoms with Gasteiger partial charge in [0.1, 0.15) is 0 Å². The van der Waals surface area contributed by atoms with Crippen LogP contribution in [0.4, 0.5) is 4.39 Å². The van der Waals surface area contributed by atoms with Crippen LogP contribution in [0.2, 0.25) is 5.02 Å². The van der Waals surface area contributed by atoms with Gasteiger partial charge in [-0.3, -0.25) is 0 Å². The molecule has 0 amide bonds. The molecule has 1 N–H and O–H groups in total. The quantitative estimate of drug-likeness (QED) is 0.588. The van der Waals surface area contributed by atoms with Crippen LogP contribution in [0.15, 0.2) is 18.2 Å². The first-order chi connectivity index (χ1) is 4.20. The molecule has 0 saturated carbocycles. The first-order valence-corrected chi connectivity index (χ1v) is 2.72. The second-order valence-electron chi connectivity index (χ2n) is 1.60. The van der Waals surface area contributed by atoms with Gasteiger partial charge in [0, 0.05) is 34.6 Å². The van der Waals surface area contributed by atoms with Crippen LogP contribution in [-0.4, -0.2) is 34.7 Å². The number of rotatable bonds is 0.